The second-order valence-electron chi connectivity index (χ2n) is 5.65. The van der Waals surface area contributed by atoms with E-state index in [9.17, 15) is 9.90 Å². The van der Waals surface area contributed by atoms with E-state index in [1.54, 1.807) is 6.20 Å². The molecule has 0 spiro atoms. The quantitative estimate of drug-likeness (QED) is 0.841. The van der Waals surface area contributed by atoms with Crippen molar-refractivity contribution in [1.82, 2.24) is 9.88 Å². The second kappa shape index (κ2) is 5.73. The molecule has 1 aromatic rings. The van der Waals surface area contributed by atoms with Crippen LogP contribution < -0.4 is 0 Å². The minimum Gasteiger partial charge on any atom is -0.480 e. The number of halogens is 2. The lowest BCUT2D eigenvalue weighted by molar-refractivity contribution is -0.143. The molecule has 2 heterocycles. The van der Waals surface area contributed by atoms with Gasteiger partial charge in [-0.1, -0.05) is 6.42 Å². The Bertz CT molecular complexity index is 538. The summed E-state index contributed by atoms with van der Waals surface area (Å²) in [6.07, 6.45) is 5.15. The van der Waals surface area contributed by atoms with Crippen LogP contribution in [0.5, 0.6) is 0 Å². The highest BCUT2D eigenvalue weighted by Crippen LogP contribution is 2.42. The van der Waals surface area contributed by atoms with Crippen molar-refractivity contribution in [1.29, 1.82) is 0 Å². The van der Waals surface area contributed by atoms with Crippen LogP contribution in [0.25, 0.3) is 0 Å². The van der Waals surface area contributed by atoms with Crippen LogP contribution in [0.15, 0.2) is 21.2 Å². The number of aliphatic carboxylic acids is 1. The average molecular weight is 404 g/mol. The van der Waals surface area contributed by atoms with Crippen molar-refractivity contribution in [2.24, 2.45) is 11.8 Å². The minimum atomic E-state index is -0.687. The van der Waals surface area contributed by atoms with Gasteiger partial charge in [-0.3, -0.25) is 14.7 Å². The van der Waals surface area contributed by atoms with Crippen LogP contribution in [0, 0.1) is 11.8 Å². The first-order valence-electron chi connectivity index (χ1n) is 6.83. The molecule has 2 aliphatic rings. The van der Waals surface area contributed by atoms with Gasteiger partial charge >= 0.3 is 5.97 Å². The Morgan fingerprint density at radius 2 is 2.25 bits per heavy atom. The van der Waals surface area contributed by atoms with Gasteiger partial charge in [-0.2, -0.15) is 0 Å². The predicted octanol–water partition coefficient (Wildman–Crippen LogP) is 3.29. The summed E-state index contributed by atoms with van der Waals surface area (Å²) in [5.74, 6) is 0.180. The number of carboxylic acids is 1. The SMILES string of the molecule is O=C(O)C1C2CCCC2CN1Cc1ncc(Br)cc1Br. The molecule has 1 aliphatic heterocycles. The van der Waals surface area contributed by atoms with Gasteiger partial charge in [0.05, 0.1) is 5.69 Å². The largest absolute Gasteiger partial charge is 0.480 e. The third-order valence-corrected chi connectivity index (χ3v) is 5.60. The third kappa shape index (κ3) is 2.65. The molecule has 0 radical (unpaired) electrons. The van der Waals surface area contributed by atoms with Gasteiger partial charge in [0.2, 0.25) is 0 Å². The first-order valence-corrected chi connectivity index (χ1v) is 8.41. The number of nitrogens with zero attached hydrogens (tertiary/aromatic N) is 2. The Morgan fingerprint density at radius 1 is 1.45 bits per heavy atom. The number of hydrogen-bond acceptors (Lipinski definition) is 3. The van der Waals surface area contributed by atoms with Gasteiger partial charge < -0.3 is 5.11 Å². The molecular formula is C14H16Br2N2O2. The lowest BCUT2D eigenvalue weighted by atomic mass is 9.94. The molecule has 1 N–H and O–H groups in total. The fourth-order valence-electron chi connectivity index (χ4n) is 3.65. The lowest BCUT2D eigenvalue weighted by Crippen LogP contribution is -2.39. The smallest absolute Gasteiger partial charge is 0.321 e. The number of hydrogen-bond donors (Lipinski definition) is 1. The number of carbonyl (C=O) groups is 1. The third-order valence-electron chi connectivity index (χ3n) is 4.48. The summed E-state index contributed by atoms with van der Waals surface area (Å²) in [5.41, 5.74) is 0.902. The molecule has 4 nitrogen and oxygen atoms in total. The van der Waals surface area contributed by atoms with E-state index >= 15 is 0 Å². The van der Waals surface area contributed by atoms with Crippen LogP contribution in [-0.4, -0.2) is 33.5 Å². The molecule has 1 saturated carbocycles. The van der Waals surface area contributed by atoms with Crippen molar-refractivity contribution < 1.29 is 9.90 Å². The van der Waals surface area contributed by atoms with Crippen LogP contribution in [0.3, 0.4) is 0 Å². The Kier molecular flexibility index (Phi) is 4.15. The molecule has 2 fully saturated rings. The molecule has 0 bridgehead atoms. The van der Waals surface area contributed by atoms with Crippen LogP contribution in [0.2, 0.25) is 0 Å². The van der Waals surface area contributed by atoms with Crippen LogP contribution in [-0.2, 0) is 11.3 Å². The van der Waals surface area contributed by atoms with Crippen molar-refractivity contribution in [2.75, 3.05) is 6.54 Å². The normalized spacial score (nSPS) is 29.6. The molecule has 3 atom stereocenters. The topological polar surface area (TPSA) is 53.4 Å². The van der Waals surface area contributed by atoms with E-state index in [0.29, 0.717) is 18.4 Å². The summed E-state index contributed by atoms with van der Waals surface area (Å²) in [7, 11) is 0. The van der Waals surface area contributed by atoms with E-state index in [2.05, 4.69) is 41.7 Å². The van der Waals surface area contributed by atoms with Crippen LogP contribution >= 0.6 is 31.9 Å². The number of pyridine rings is 1. The van der Waals surface area contributed by atoms with E-state index in [4.69, 9.17) is 0 Å². The average Bonchev–Trinajstić information content (AvgIpc) is 2.91. The van der Waals surface area contributed by atoms with E-state index in [1.165, 1.54) is 12.8 Å². The fourth-order valence-corrected chi connectivity index (χ4v) is 4.76. The van der Waals surface area contributed by atoms with Crippen LogP contribution in [0.1, 0.15) is 25.0 Å². The molecule has 3 unspecified atom stereocenters. The zero-order valence-corrected chi connectivity index (χ0v) is 14.1. The standard InChI is InChI=1S/C14H16Br2N2O2/c15-9-4-11(16)12(17-5-9)7-18-6-8-2-1-3-10(8)13(18)14(19)20/h4-5,8,10,13H,1-3,6-7H2,(H,19,20). The summed E-state index contributed by atoms with van der Waals surface area (Å²) in [5, 5.41) is 9.54. The van der Waals surface area contributed by atoms with E-state index in [0.717, 1.165) is 27.6 Å². The summed E-state index contributed by atoms with van der Waals surface area (Å²) in [4.78, 5) is 18.1. The first kappa shape index (κ1) is 14.5. The number of likely N-dealkylation sites (tertiary alicyclic amines) is 1. The predicted molar refractivity (Wildman–Crippen MR) is 82.3 cm³/mol. The molecular weight excluding hydrogens is 388 g/mol. The van der Waals surface area contributed by atoms with Crippen molar-refractivity contribution in [2.45, 2.75) is 31.8 Å². The Balaban J connectivity index is 1.81. The Hall–Kier alpha value is -0.460. The zero-order valence-electron chi connectivity index (χ0n) is 10.9. The maximum Gasteiger partial charge on any atom is 0.321 e. The van der Waals surface area contributed by atoms with Crippen molar-refractivity contribution in [3.8, 4) is 0 Å². The maximum absolute atomic E-state index is 11.6. The Labute approximate surface area is 134 Å². The molecule has 0 aromatic carbocycles. The van der Waals surface area contributed by atoms with E-state index in [1.807, 2.05) is 6.07 Å². The van der Waals surface area contributed by atoms with Crippen molar-refractivity contribution >= 4 is 37.8 Å². The number of rotatable bonds is 3. The van der Waals surface area contributed by atoms with Gasteiger partial charge in [-0.25, -0.2) is 0 Å². The zero-order chi connectivity index (χ0) is 14.3. The monoisotopic (exact) mass is 402 g/mol. The molecule has 1 aromatic heterocycles. The summed E-state index contributed by atoms with van der Waals surface area (Å²) >= 11 is 6.89. The van der Waals surface area contributed by atoms with Gasteiger partial charge in [0, 0.05) is 28.2 Å². The van der Waals surface area contributed by atoms with Crippen molar-refractivity contribution in [3.05, 3.63) is 26.9 Å². The highest BCUT2D eigenvalue weighted by Gasteiger charge is 2.47. The molecule has 20 heavy (non-hydrogen) atoms. The van der Waals surface area contributed by atoms with Gasteiger partial charge in [0.15, 0.2) is 0 Å². The summed E-state index contributed by atoms with van der Waals surface area (Å²) < 4.78 is 1.84. The number of fused-ring (bicyclic) bond motifs is 1. The summed E-state index contributed by atoms with van der Waals surface area (Å²) in [6.45, 7) is 1.48. The number of carboxylic acid groups (broad SMARTS) is 1. The molecule has 3 rings (SSSR count). The molecule has 108 valence electrons. The van der Waals surface area contributed by atoms with E-state index in [-0.39, 0.29) is 6.04 Å². The molecule has 0 amide bonds. The Morgan fingerprint density at radius 3 is 2.95 bits per heavy atom. The highest BCUT2D eigenvalue weighted by atomic mass is 79.9. The maximum atomic E-state index is 11.6. The first-order chi connectivity index (χ1) is 9.56. The molecule has 1 aliphatic carbocycles. The van der Waals surface area contributed by atoms with Gasteiger partial charge in [-0.15, -0.1) is 0 Å². The van der Waals surface area contributed by atoms with Gasteiger partial charge in [0.25, 0.3) is 0 Å². The molecule has 6 heteroatoms. The fraction of sp³-hybridized carbons (Fsp3) is 0.571. The molecule has 1 saturated heterocycles. The van der Waals surface area contributed by atoms with Crippen molar-refractivity contribution in [3.63, 3.8) is 0 Å². The lowest BCUT2D eigenvalue weighted by Gasteiger charge is -2.24. The second-order valence-corrected chi connectivity index (χ2v) is 7.42. The van der Waals surface area contributed by atoms with Gasteiger partial charge in [0.1, 0.15) is 6.04 Å². The van der Waals surface area contributed by atoms with Gasteiger partial charge in [-0.05, 0) is 62.6 Å². The number of aromatic nitrogens is 1. The summed E-state index contributed by atoms with van der Waals surface area (Å²) in [6, 6.07) is 1.61. The van der Waals surface area contributed by atoms with Crippen LogP contribution in [0.4, 0.5) is 0 Å². The van der Waals surface area contributed by atoms with E-state index < -0.39 is 5.97 Å². The minimum absolute atomic E-state index is 0.321. The highest BCUT2D eigenvalue weighted by molar-refractivity contribution is 9.11.